The molecule has 2 rings (SSSR count). The smallest absolute Gasteiger partial charge is 0.405 e. The monoisotopic (exact) mass is 377 g/mol. The van der Waals surface area contributed by atoms with Crippen LogP contribution in [-0.2, 0) is 9.53 Å². The van der Waals surface area contributed by atoms with Crippen molar-refractivity contribution in [2.75, 3.05) is 11.1 Å². The summed E-state index contributed by atoms with van der Waals surface area (Å²) in [4.78, 5) is 23.3. The van der Waals surface area contributed by atoms with Gasteiger partial charge in [-0.1, -0.05) is 36.4 Å². The van der Waals surface area contributed by atoms with Crippen molar-refractivity contribution in [2.45, 2.75) is 12.5 Å². The summed E-state index contributed by atoms with van der Waals surface area (Å²) in [6.07, 6.45) is -1.77. The fraction of sp³-hybridized carbons (Fsp3) is 0.125. The Labute approximate surface area is 141 Å². The van der Waals surface area contributed by atoms with Crippen LogP contribution < -0.4 is 16.8 Å². The number of para-hydroxylation sites is 1. The molecule has 5 N–H and O–H groups in total. The van der Waals surface area contributed by atoms with Crippen LogP contribution in [0.1, 0.15) is 18.1 Å². The molecule has 2 amide bonds. The SMILES string of the molecule is NC(=O)OC(CC(=O)Nc1cccc(Br)c1N)c1ccccc1. The number of benzene rings is 2. The van der Waals surface area contributed by atoms with Crippen LogP contribution in [-0.4, -0.2) is 12.0 Å². The maximum atomic E-state index is 12.2. The number of hydrogen-bond donors (Lipinski definition) is 3. The molecule has 7 heteroatoms. The molecule has 0 fully saturated rings. The third-order valence-corrected chi connectivity index (χ3v) is 3.82. The van der Waals surface area contributed by atoms with Crippen LogP contribution in [0.3, 0.4) is 0 Å². The standard InChI is InChI=1S/C16H16BrN3O3/c17-11-7-4-8-12(15(11)18)20-14(21)9-13(23-16(19)22)10-5-2-1-3-6-10/h1-8,13H,9,18H2,(H2,19,22)(H,20,21). The topological polar surface area (TPSA) is 107 Å². The summed E-state index contributed by atoms with van der Waals surface area (Å²) in [6, 6.07) is 14.1. The molecule has 1 atom stereocenters. The second kappa shape index (κ2) is 7.64. The number of nitrogens with one attached hydrogen (secondary N) is 1. The second-order valence-electron chi connectivity index (χ2n) is 4.79. The highest BCUT2D eigenvalue weighted by atomic mass is 79.9. The molecule has 2 aromatic rings. The van der Waals surface area contributed by atoms with Gasteiger partial charge in [0.05, 0.1) is 17.8 Å². The average molecular weight is 378 g/mol. The summed E-state index contributed by atoms with van der Waals surface area (Å²) in [5.41, 5.74) is 12.6. The number of carbonyl (C=O) groups is 2. The van der Waals surface area contributed by atoms with E-state index in [1.807, 2.05) is 6.07 Å². The maximum Gasteiger partial charge on any atom is 0.405 e. The second-order valence-corrected chi connectivity index (χ2v) is 5.64. The van der Waals surface area contributed by atoms with E-state index in [0.29, 0.717) is 21.4 Å². The third-order valence-electron chi connectivity index (χ3n) is 3.13. The Balaban J connectivity index is 2.11. The molecule has 0 aromatic heterocycles. The van der Waals surface area contributed by atoms with Crippen LogP contribution in [0.25, 0.3) is 0 Å². The van der Waals surface area contributed by atoms with Gasteiger partial charge in [0.15, 0.2) is 0 Å². The van der Waals surface area contributed by atoms with Gasteiger partial charge in [-0.2, -0.15) is 0 Å². The van der Waals surface area contributed by atoms with Gasteiger partial charge in [-0.25, -0.2) is 4.79 Å². The van der Waals surface area contributed by atoms with Gasteiger partial charge in [-0.3, -0.25) is 4.79 Å². The minimum Gasteiger partial charge on any atom is -0.441 e. The van der Waals surface area contributed by atoms with Crippen molar-refractivity contribution in [3.05, 3.63) is 58.6 Å². The Morgan fingerprint density at radius 2 is 1.83 bits per heavy atom. The van der Waals surface area contributed by atoms with E-state index in [9.17, 15) is 9.59 Å². The Kier molecular flexibility index (Phi) is 5.59. The Hall–Kier alpha value is -2.54. The Morgan fingerprint density at radius 1 is 1.13 bits per heavy atom. The van der Waals surface area contributed by atoms with Crippen molar-refractivity contribution in [3.8, 4) is 0 Å². The first kappa shape index (κ1) is 16.8. The van der Waals surface area contributed by atoms with Crippen LogP contribution >= 0.6 is 15.9 Å². The predicted octanol–water partition coefficient (Wildman–Crippen LogP) is 3.20. The number of halogens is 1. The number of anilines is 2. The summed E-state index contributed by atoms with van der Waals surface area (Å²) in [6.45, 7) is 0. The lowest BCUT2D eigenvalue weighted by Crippen LogP contribution is -2.22. The summed E-state index contributed by atoms with van der Waals surface area (Å²) >= 11 is 3.29. The lowest BCUT2D eigenvalue weighted by Gasteiger charge is -2.17. The molecule has 0 spiro atoms. The lowest BCUT2D eigenvalue weighted by molar-refractivity contribution is -0.118. The van der Waals surface area contributed by atoms with Crippen LogP contribution in [0.2, 0.25) is 0 Å². The first-order valence-electron chi connectivity index (χ1n) is 6.82. The molecular formula is C16H16BrN3O3. The summed E-state index contributed by atoms with van der Waals surface area (Å²) < 4.78 is 5.72. The number of nitrogen functional groups attached to an aromatic ring is 1. The van der Waals surface area contributed by atoms with Crippen molar-refractivity contribution < 1.29 is 14.3 Å². The van der Waals surface area contributed by atoms with Crippen LogP contribution in [0.5, 0.6) is 0 Å². The summed E-state index contributed by atoms with van der Waals surface area (Å²) in [5, 5.41) is 2.70. The van der Waals surface area contributed by atoms with Crippen molar-refractivity contribution in [3.63, 3.8) is 0 Å². The van der Waals surface area contributed by atoms with Crippen LogP contribution in [0.15, 0.2) is 53.0 Å². The van der Waals surface area contributed by atoms with E-state index in [1.54, 1.807) is 42.5 Å². The number of nitrogens with two attached hydrogens (primary N) is 2. The summed E-state index contributed by atoms with van der Waals surface area (Å²) in [5.74, 6) is -0.343. The first-order chi connectivity index (χ1) is 11.0. The molecule has 0 saturated heterocycles. The quantitative estimate of drug-likeness (QED) is 0.695. The van der Waals surface area contributed by atoms with Gasteiger partial charge in [-0.15, -0.1) is 0 Å². The Morgan fingerprint density at radius 3 is 2.48 bits per heavy atom. The number of carbonyl (C=O) groups excluding carboxylic acids is 2. The summed E-state index contributed by atoms with van der Waals surface area (Å²) in [7, 11) is 0. The first-order valence-corrected chi connectivity index (χ1v) is 7.61. The highest BCUT2D eigenvalue weighted by molar-refractivity contribution is 9.10. The highest BCUT2D eigenvalue weighted by Gasteiger charge is 2.20. The molecule has 0 bridgehead atoms. The fourth-order valence-electron chi connectivity index (χ4n) is 2.05. The van der Waals surface area contributed by atoms with Gasteiger partial charge >= 0.3 is 6.09 Å². The van der Waals surface area contributed by atoms with Gasteiger partial charge in [0.1, 0.15) is 6.10 Å². The molecule has 0 aliphatic rings. The molecule has 0 saturated carbocycles. The molecule has 0 radical (unpaired) electrons. The van der Waals surface area contributed by atoms with Crippen LogP contribution in [0.4, 0.5) is 16.2 Å². The van der Waals surface area contributed by atoms with Gasteiger partial charge < -0.3 is 21.5 Å². The lowest BCUT2D eigenvalue weighted by atomic mass is 10.1. The van der Waals surface area contributed by atoms with Gasteiger partial charge in [0, 0.05) is 4.47 Å². The van der Waals surface area contributed by atoms with Crippen molar-refractivity contribution >= 4 is 39.3 Å². The zero-order valence-corrected chi connectivity index (χ0v) is 13.7. The molecular weight excluding hydrogens is 362 g/mol. The van der Waals surface area contributed by atoms with E-state index in [0.717, 1.165) is 0 Å². The largest absolute Gasteiger partial charge is 0.441 e. The average Bonchev–Trinajstić information content (AvgIpc) is 2.51. The van der Waals surface area contributed by atoms with Gasteiger partial charge in [0.25, 0.3) is 0 Å². The molecule has 0 heterocycles. The molecule has 120 valence electrons. The van der Waals surface area contributed by atoms with E-state index >= 15 is 0 Å². The van der Waals surface area contributed by atoms with Crippen molar-refractivity contribution in [2.24, 2.45) is 5.73 Å². The van der Waals surface area contributed by atoms with Gasteiger partial charge in [-0.05, 0) is 33.6 Å². The maximum absolute atomic E-state index is 12.2. The number of rotatable bonds is 5. The number of ether oxygens (including phenoxy) is 1. The molecule has 0 aliphatic carbocycles. The number of primary amides is 1. The van der Waals surface area contributed by atoms with Crippen molar-refractivity contribution in [1.82, 2.24) is 0 Å². The molecule has 6 nitrogen and oxygen atoms in total. The van der Waals surface area contributed by atoms with Crippen LogP contribution in [0, 0.1) is 0 Å². The zero-order valence-electron chi connectivity index (χ0n) is 12.2. The number of hydrogen-bond acceptors (Lipinski definition) is 4. The number of amides is 2. The van der Waals surface area contributed by atoms with E-state index < -0.39 is 12.2 Å². The highest BCUT2D eigenvalue weighted by Crippen LogP contribution is 2.28. The van der Waals surface area contributed by atoms with E-state index in [1.165, 1.54) is 0 Å². The Bertz CT molecular complexity index is 707. The van der Waals surface area contributed by atoms with Crippen molar-refractivity contribution in [1.29, 1.82) is 0 Å². The third kappa shape index (κ3) is 4.72. The fourth-order valence-corrected chi connectivity index (χ4v) is 2.42. The van der Waals surface area contributed by atoms with E-state index in [-0.39, 0.29) is 12.3 Å². The molecule has 2 aromatic carbocycles. The van der Waals surface area contributed by atoms with Gasteiger partial charge in [0.2, 0.25) is 5.91 Å². The zero-order chi connectivity index (χ0) is 16.8. The molecule has 0 aliphatic heterocycles. The molecule has 23 heavy (non-hydrogen) atoms. The predicted molar refractivity (Wildman–Crippen MR) is 91.7 cm³/mol. The normalized spacial score (nSPS) is 11.5. The van der Waals surface area contributed by atoms with E-state index in [4.69, 9.17) is 16.2 Å². The molecule has 1 unspecified atom stereocenters. The minimum absolute atomic E-state index is 0.0705. The minimum atomic E-state index is -0.936. The van der Waals surface area contributed by atoms with E-state index in [2.05, 4.69) is 21.2 Å².